The van der Waals surface area contributed by atoms with E-state index in [-0.39, 0.29) is 41.7 Å². The quantitative estimate of drug-likeness (QED) is 0.0579. The second-order valence-corrected chi connectivity index (χ2v) is 20.6. The fourth-order valence-electron chi connectivity index (χ4n) is 11.2. The summed E-state index contributed by atoms with van der Waals surface area (Å²) in [4.78, 5) is 119. The number of phosphoric acid groups is 1. The van der Waals surface area contributed by atoms with Crippen molar-refractivity contribution >= 4 is 49.5 Å². The van der Waals surface area contributed by atoms with Gasteiger partial charge in [0.1, 0.15) is 23.9 Å². The Kier molecular flexibility index (Phi) is 16.1. The number of Topliss-reactive ketones (excluding diaryl/α,β-unsaturated/α-hetero) is 1. The Hall–Kier alpha value is -6.06. The van der Waals surface area contributed by atoms with Crippen LogP contribution in [0.1, 0.15) is 88.4 Å². The van der Waals surface area contributed by atoms with Crippen molar-refractivity contribution in [2.45, 2.75) is 122 Å². The van der Waals surface area contributed by atoms with E-state index in [4.69, 9.17) is 37.9 Å². The van der Waals surface area contributed by atoms with Crippen LogP contribution in [0.25, 0.3) is 0 Å². The Morgan fingerprint density at radius 1 is 0.904 bits per heavy atom. The van der Waals surface area contributed by atoms with Crippen molar-refractivity contribution in [1.82, 2.24) is 5.32 Å². The number of phosphoric ester groups is 1. The second kappa shape index (κ2) is 21.4. The van der Waals surface area contributed by atoms with Crippen molar-refractivity contribution < 1.29 is 95.4 Å². The molecular weight excluding hydrogens is 978 g/mol. The summed E-state index contributed by atoms with van der Waals surface area (Å²) in [7, 11) is -5.19. The van der Waals surface area contributed by atoms with Gasteiger partial charge in [0.25, 0.3) is 5.91 Å². The minimum atomic E-state index is -5.19. The van der Waals surface area contributed by atoms with Crippen LogP contribution in [0.2, 0.25) is 0 Å². The summed E-state index contributed by atoms with van der Waals surface area (Å²) in [6.07, 6.45) is -5.34. The van der Waals surface area contributed by atoms with Crippen LogP contribution in [-0.4, -0.2) is 130 Å². The molecule has 2 bridgehead atoms. The number of ether oxygens (including phenoxy) is 8. The molecular formula is C51H60NO20P. The fourth-order valence-corrected chi connectivity index (χ4v) is 11.4. The lowest BCUT2D eigenvalue weighted by molar-refractivity contribution is -0.350. The Balaban J connectivity index is 1.44. The third kappa shape index (κ3) is 10.7. The van der Waals surface area contributed by atoms with Crippen molar-refractivity contribution in [2.75, 3.05) is 20.0 Å². The lowest BCUT2D eigenvalue weighted by Crippen LogP contribution is -2.82. The van der Waals surface area contributed by atoms with Crippen molar-refractivity contribution in [2.24, 2.45) is 22.7 Å². The van der Waals surface area contributed by atoms with Crippen LogP contribution in [-0.2, 0) is 66.2 Å². The molecule has 7 rings (SSSR count). The maximum atomic E-state index is 16.1. The standard InChI is InChI=1S/C51H60NO20P/c1-8-64-47(59)70-40(38(31-18-12-9-13-19-31)52-44(56)32-20-14-10-15-21-32)46(58)69-34-25-51(60)43(71-45(57)33-22-16-11-17-23-33)41-49(7,42(55)39(68-29(3)53)37(28(34)2)48(51,5)6)35(66-27-67-73(61,62)63)24-36-50(41,26-65-36)72-30(4)54/h9-18,20-23,31,34-36,38-41,43,60H,8,19,24-27H2,1-7H3,(H,52,56)(H2,61,62,63)/t31?,34-,35-,36+,38-,39+,40+,41-,43-,49+,50-,51+/m0/s1. The van der Waals surface area contributed by atoms with E-state index in [0.29, 0.717) is 0 Å². The van der Waals surface area contributed by atoms with Gasteiger partial charge in [0, 0.05) is 43.6 Å². The molecule has 1 unspecified atom stereocenters. The normalized spacial score (nSPS) is 30.8. The second-order valence-electron chi connectivity index (χ2n) is 19.4. The number of allylic oxidation sites excluding steroid dienone is 3. The Labute approximate surface area is 420 Å². The first-order valence-electron chi connectivity index (χ1n) is 23.7. The van der Waals surface area contributed by atoms with Gasteiger partial charge in [0.15, 0.2) is 24.3 Å². The minimum Gasteiger partial charge on any atom is -0.455 e. The molecule has 4 aliphatic carbocycles. The Morgan fingerprint density at radius 3 is 2.12 bits per heavy atom. The summed E-state index contributed by atoms with van der Waals surface area (Å²) >= 11 is 0. The number of aliphatic hydroxyl groups is 1. The average molecular weight is 1040 g/mol. The van der Waals surface area contributed by atoms with E-state index >= 15 is 9.59 Å². The molecule has 21 nitrogen and oxygen atoms in total. The number of rotatable bonds is 16. The summed E-state index contributed by atoms with van der Waals surface area (Å²) in [5.74, 6) is -8.15. The monoisotopic (exact) mass is 1040 g/mol. The maximum absolute atomic E-state index is 16.1. The molecule has 73 heavy (non-hydrogen) atoms. The molecule has 5 aliphatic rings. The molecule has 394 valence electrons. The number of fused-ring (bicyclic) bond motifs is 5. The van der Waals surface area contributed by atoms with Crippen molar-refractivity contribution in [1.29, 1.82) is 0 Å². The molecule has 2 aromatic carbocycles. The van der Waals surface area contributed by atoms with E-state index < -0.39 is 146 Å². The molecule has 1 saturated heterocycles. The zero-order valence-corrected chi connectivity index (χ0v) is 42.1. The Morgan fingerprint density at radius 2 is 1.56 bits per heavy atom. The molecule has 4 N–H and O–H groups in total. The van der Waals surface area contributed by atoms with E-state index in [9.17, 15) is 43.4 Å². The van der Waals surface area contributed by atoms with Gasteiger partial charge in [-0.1, -0.05) is 74.5 Å². The highest BCUT2D eigenvalue weighted by atomic mass is 31.2. The lowest BCUT2D eigenvalue weighted by atomic mass is 9.44. The molecule has 1 amide bonds. The van der Waals surface area contributed by atoms with Crippen LogP contribution >= 0.6 is 7.82 Å². The minimum absolute atomic E-state index is 0.0155. The third-order valence-electron chi connectivity index (χ3n) is 14.8. The van der Waals surface area contributed by atoms with E-state index in [1.54, 1.807) is 72.8 Å². The van der Waals surface area contributed by atoms with Crippen LogP contribution in [0.15, 0.2) is 96.1 Å². The van der Waals surface area contributed by atoms with Crippen LogP contribution in [0.4, 0.5) is 4.79 Å². The molecule has 0 spiro atoms. The highest BCUT2D eigenvalue weighted by Crippen LogP contribution is 2.65. The van der Waals surface area contributed by atoms with Crippen molar-refractivity contribution in [3.63, 3.8) is 0 Å². The van der Waals surface area contributed by atoms with E-state index in [2.05, 4.69) is 9.84 Å². The van der Waals surface area contributed by atoms with E-state index in [1.165, 1.54) is 46.8 Å². The number of esters is 4. The number of amides is 1. The first kappa shape index (κ1) is 54.7. The first-order valence-corrected chi connectivity index (χ1v) is 25.2. The van der Waals surface area contributed by atoms with Gasteiger partial charge in [-0.25, -0.2) is 18.9 Å². The lowest BCUT2D eigenvalue weighted by Gasteiger charge is -2.67. The van der Waals surface area contributed by atoms with Gasteiger partial charge >= 0.3 is 37.9 Å². The fraction of sp³-hybridized carbons (Fsp3) is 0.510. The largest absolute Gasteiger partial charge is 0.509 e. The molecule has 3 fully saturated rings. The van der Waals surface area contributed by atoms with Crippen molar-refractivity contribution in [3.05, 3.63) is 107 Å². The van der Waals surface area contributed by atoms with Crippen LogP contribution in [0, 0.1) is 22.7 Å². The molecule has 0 aromatic heterocycles. The molecule has 22 heteroatoms. The summed E-state index contributed by atoms with van der Waals surface area (Å²) < 4.78 is 64.4. The van der Waals surface area contributed by atoms with Crippen molar-refractivity contribution in [3.8, 4) is 0 Å². The van der Waals surface area contributed by atoms with Gasteiger partial charge in [-0.2, -0.15) is 0 Å². The number of benzene rings is 2. The number of ketones is 1. The number of hydrogen-bond acceptors (Lipinski definition) is 18. The molecule has 1 heterocycles. The third-order valence-corrected chi connectivity index (χ3v) is 15.2. The van der Waals surface area contributed by atoms with Gasteiger partial charge in [-0.15, -0.1) is 0 Å². The van der Waals surface area contributed by atoms with Crippen LogP contribution in [0.5, 0.6) is 0 Å². The number of hydrogen-bond donors (Lipinski definition) is 4. The molecule has 1 aliphatic heterocycles. The highest BCUT2D eigenvalue weighted by Gasteiger charge is 2.79. The summed E-state index contributed by atoms with van der Waals surface area (Å²) in [6.45, 7) is 7.75. The molecule has 2 saturated carbocycles. The highest BCUT2D eigenvalue weighted by molar-refractivity contribution is 7.46. The Bertz CT molecular complexity index is 2610. The predicted molar refractivity (Wildman–Crippen MR) is 251 cm³/mol. The summed E-state index contributed by atoms with van der Waals surface area (Å²) in [5.41, 5.74) is -8.37. The zero-order valence-electron chi connectivity index (χ0n) is 41.3. The number of carbonyl (C=O) groups is 7. The molecule has 2 aromatic rings. The summed E-state index contributed by atoms with van der Waals surface area (Å²) in [6, 6.07) is 14.3. The van der Waals surface area contributed by atoms with Gasteiger partial charge in [-0.05, 0) is 62.6 Å². The topological polar surface area (TPSA) is 292 Å². The number of nitrogens with one attached hydrogen (secondary N) is 1. The van der Waals surface area contributed by atoms with E-state index in [1.807, 2.05) is 0 Å². The average Bonchev–Trinajstić information content (AvgIpc) is 3.33. The SMILES string of the molecule is CCOC(=O)O[C@@H](C(=O)O[C@H]1C[C@@]2(O)[C@@H](OC(=O)c3ccccc3)[C@@H]3[C@]4(OC(C)=O)CO[C@@H]4C[C@H](OCOP(=O)(O)O)[C@@]3(C)C(=O)[C@H](OC(C)=O)C(=C1C)C2(C)C)[C@@H](NC(=O)c1ccccc1)C1C=CC=CC1. The van der Waals surface area contributed by atoms with E-state index in [0.717, 1.165) is 13.8 Å². The predicted octanol–water partition coefficient (Wildman–Crippen LogP) is 4.77. The summed E-state index contributed by atoms with van der Waals surface area (Å²) in [5, 5.41) is 16.9. The van der Waals surface area contributed by atoms with Crippen LogP contribution in [0.3, 0.4) is 0 Å². The van der Waals surface area contributed by atoms with Crippen LogP contribution < -0.4 is 5.32 Å². The molecule has 12 atom stereocenters. The maximum Gasteiger partial charge on any atom is 0.509 e. The van der Waals surface area contributed by atoms with Gasteiger partial charge in [0.2, 0.25) is 6.10 Å². The van der Waals surface area contributed by atoms with Gasteiger partial charge in [-0.3, -0.25) is 23.7 Å². The van der Waals surface area contributed by atoms with Gasteiger partial charge < -0.3 is 58.1 Å². The molecule has 0 radical (unpaired) electrons. The first-order chi connectivity index (χ1) is 34.4. The van der Waals surface area contributed by atoms with Gasteiger partial charge in [0.05, 0.1) is 42.3 Å². The zero-order chi connectivity index (χ0) is 53.3. The smallest absolute Gasteiger partial charge is 0.455 e. The number of carbonyl (C=O) groups excluding carboxylic acids is 7.